The lowest BCUT2D eigenvalue weighted by molar-refractivity contribution is -0.137. The number of amides is 3. The van der Waals surface area contributed by atoms with Gasteiger partial charge in [-0.3, -0.25) is 19.4 Å². The summed E-state index contributed by atoms with van der Waals surface area (Å²) < 4.78 is 38.4. The minimum Gasteiger partial charge on any atom is -0.322 e. The van der Waals surface area contributed by atoms with Gasteiger partial charge in [0.2, 0.25) is 5.91 Å². The molecule has 1 aliphatic rings. The fourth-order valence-electron chi connectivity index (χ4n) is 4.30. The molecule has 0 spiro atoms. The van der Waals surface area contributed by atoms with Crippen LogP contribution in [0.3, 0.4) is 0 Å². The normalized spacial score (nSPS) is 15.1. The fraction of sp³-hybridized carbons (Fsp3) is 0.143. The van der Waals surface area contributed by atoms with Gasteiger partial charge in [0.25, 0.3) is 11.8 Å². The molecule has 0 saturated heterocycles. The number of carbonyl (C=O) groups excluding carboxylic acids is 3. The molecule has 0 saturated carbocycles. The third-order valence-corrected chi connectivity index (χ3v) is 6.87. The minimum absolute atomic E-state index is 0.00223. The smallest absolute Gasteiger partial charge is 0.322 e. The van der Waals surface area contributed by atoms with Gasteiger partial charge in [-0.05, 0) is 48.0 Å². The average Bonchev–Trinajstić information content (AvgIpc) is 3.03. The van der Waals surface area contributed by atoms with Gasteiger partial charge in [-0.1, -0.05) is 35.3 Å². The predicted molar refractivity (Wildman–Crippen MR) is 148 cm³/mol. The first kappa shape index (κ1) is 29.0. The Hall–Kier alpha value is -4.55. The van der Waals surface area contributed by atoms with Gasteiger partial charge in [0.15, 0.2) is 5.69 Å². The molecular weight excluding hydrogens is 596 g/mol. The van der Waals surface area contributed by atoms with Crippen LogP contribution in [0.5, 0.6) is 0 Å². The molecule has 9 nitrogen and oxygen atoms in total. The van der Waals surface area contributed by atoms with E-state index < -0.39 is 35.5 Å². The summed E-state index contributed by atoms with van der Waals surface area (Å²) in [5.74, 6) is -1.81. The quantitative estimate of drug-likeness (QED) is 0.290. The Kier molecular flexibility index (Phi) is 8.10. The van der Waals surface area contributed by atoms with Crippen LogP contribution in [0, 0.1) is 0 Å². The summed E-state index contributed by atoms with van der Waals surface area (Å²) in [6, 6.07) is 11.9. The molecule has 2 N–H and O–H groups in total. The molecule has 0 fully saturated rings. The zero-order valence-electron chi connectivity index (χ0n) is 21.3. The van der Waals surface area contributed by atoms with E-state index in [-0.39, 0.29) is 45.8 Å². The number of nitrogens with one attached hydrogen (secondary N) is 2. The number of alkyl halides is 3. The van der Waals surface area contributed by atoms with Gasteiger partial charge < -0.3 is 15.5 Å². The van der Waals surface area contributed by atoms with Crippen molar-refractivity contribution in [2.24, 2.45) is 0 Å². The van der Waals surface area contributed by atoms with Gasteiger partial charge in [0.1, 0.15) is 11.9 Å². The molecular formula is C28H19Cl2F3N6O3. The van der Waals surface area contributed by atoms with Gasteiger partial charge in [0, 0.05) is 37.3 Å². The van der Waals surface area contributed by atoms with Gasteiger partial charge in [-0.25, -0.2) is 9.97 Å². The molecule has 3 amide bonds. The number of benzene rings is 1. The number of carbonyl (C=O) groups is 3. The summed E-state index contributed by atoms with van der Waals surface area (Å²) in [5, 5.41) is 5.38. The Bertz CT molecular complexity index is 1670. The summed E-state index contributed by atoms with van der Waals surface area (Å²) in [5.41, 5.74) is 0.314. The average molecular weight is 615 g/mol. The molecule has 0 aliphatic carbocycles. The minimum atomic E-state index is -4.56. The molecule has 4 aromatic rings. The van der Waals surface area contributed by atoms with Gasteiger partial charge in [-0.2, -0.15) is 13.2 Å². The van der Waals surface area contributed by atoms with Crippen LogP contribution in [0.15, 0.2) is 73.2 Å². The van der Waals surface area contributed by atoms with Crippen molar-refractivity contribution in [2.75, 3.05) is 10.6 Å². The van der Waals surface area contributed by atoms with Crippen LogP contribution in [0.2, 0.25) is 10.0 Å². The second-order valence-electron chi connectivity index (χ2n) is 9.21. The molecule has 3 aromatic heterocycles. The molecule has 42 heavy (non-hydrogen) atoms. The summed E-state index contributed by atoms with van der Waals surface area (Å²) in [6.45, 7) is -0.0738. The third-order valence-electron chi connectivity index (χ3n) is 6.35. The van der Waals surface area contributed by atoms with Gasteiger partial charge in [0.05, 0.1) is 26.9 Å². The van der Waals surface area contributed by atoms with E-state index in [9.17, 15) is 27.6 Å². The van der Waals surface area contributed by atoms with Crippen LogP contribution in [0.4, 0.5) is 24.7 Å². The van der Waals surface area contributed by atoms with Crippen molar-refractivity contribution in [3.05, 3.63) is 111 Å². The number of halogens is 5. The number of anilines is 2. The van der Waals surface area contributed by atoms with E-state index in [0.29, 0.717) is 17.5 Å². The molecule has 4 heterocycles. The first-order chi connectivity index (χ1) is 20.0. The van der Waals surface area contributed by atoms with E-state index in [4.69, 9.17) is 23.2 Å². The second-order valence-corrected chi connectivity index (χ2v) is 10.1. The van der Waals surface area contributed by atoms with Crippen LogP contribution in [-0.4, -0.2) is 43.6 Å². The number of fused-ring (bicyclic) bond motifs is 1. The lowest BCUT2D eigenvalue weighted by Crippen LogP contribution is -2.46. The lowest BCUT2D eigenvalue weighted by Gasteiger charge is -2.28. The number of aromatic nitrogens is 3. The van der Waals surface area contributed by atoms with Crippen LogP contribution >= 0.6 is 23.2 Å². The Morgan fingerprint density at radius 2 is 1.81 bits per heavy atom. The lowest BCUT2D eigenvalue weighted by atomic mass is 10.1. The highest BCUT2D eigenvalue weighted by atomic mass is 35.5. The summed E-state index contributed by atoms with van der Waals surface area (Å²) in [6.07, 6.45) is -0.967. The van der Waals surface area contributed by atoms with Crippen molar-refractivity contribution >= 4 is 52.4 Å². The van der Waals surface area contributed by atoms with Crippen molar-refractivity contribution in [2.45, 2.75) is 25.2 Å². The highest BCUT2D eigenvalue weighted by molar-refractivity contribution is 6.34. The fourth-order valence-corrected chi connectivity index (χ4v) is 4.75. The standard InChI is InChI=1S/C28H19Cl2F3N6O3/c29-17-10-21-24(36-13-17)27(42)39(22(26(41)37-21)11-18-3-1-2-8-34-18)14-15-4-6-19(20(30)9-15)25(40)38-23-7-5-16(12-35-23)28(31,32)33/h1-10,12-13,22H,11,14H2,(H,37,41)(H,35,38,40). The van der Waals surface area contributed by atoms with Crippen LogP contribution in [0.25, 0.3) is 0 Å². The molecule has 1 aliphatic heterocycles. The Morgan fingerprint density at radius 1 is 1.00 bits per heavy atom. The zero-order chi connectivity index (χ0) is 30.0. The van der Waals surface area contributed by atoms with Crippen molar-refractivity contribution in [1.29, 1.82) is 0 Å². The van der Waals surface area contributed by atoms with Crippen molar-refractivity contribution in [3.63, 3.8) is 0 Å². The van der Waals surface area contributed by atoms with Crippen molar-refractivity contribution < 1.29 is 27.6 Å². The van der Waals surface area contributed by atoms with Crippen LogP contribution < -0.4 is 10.6 Å². The molecule has 0 radical (unpaired) electrons. The van der Waals surface area contributed by atoms with E-state index in [1.807, 2.05) is 0 Å². The van der Waals surface area contributed by atoms with E-state index in [0.717, 1.165) is 12.1 Å². The van der Waals surface area contributed by atoms with E-state index in [1.165, 1.54) is 29.3 Å². The number of hydrogen-bond donors (Lipinski definition) is 2. The number of pyridine rings is 3. The zero-order valence-corrected chi connectivity index (χ0v) is 22.8. The van der Waals surface area contributed by atoms with Gasteiger partial charge in [-0.15, -0.1) is 0 Å². The molecule has 5 rings (SSSR count). The van der Waals surface area contributed by atoms with E-state index >= 15 is 0 Å². The number of nitrogens with zero attached hydrogens (tertiary/aromatic N) is 4. The summed E-state index contributed by atoms with van der Waals surface area (Å²) in [7, 11) is 0. The molecule has 14 heteroatoms. The van der Waals surface area contributed by atoms with E-state index in [1.54, 1.807) is 30.5 Å². The second kappa shape index (κ2) is 11.7. The topological polar surface area (TPSA) is 117 Å². The monoisotopic (exact) mass is 614 g/mol. The van der Waals surface area contributed by atoms with E-state index in [2.05, 4.69) is 25.6 Å². The Balaban J connectivity index is 1.40. The predicted octanol–water partition coefficient (Wildman–Crippen LogP) is 5.66. The van der Waals surface area contributed by atoms with Crippen LogP contribution in [-0.2, 0) is 23.9 Å². The number of hydrogen-bond acceptors (Lipinski definition) is 6. The molecule has 214 valence electrons. The maximum absolute atomic E-state index is 13.7. The summed E-state index contributed by atoms with van der Waals surface area (Å²) >= 11 is 12.5. The molecule has 0 bridgehead atoms. The SMILES string of the molecule is O=C(Nc1ccc(C(F)(F)F)cn1)c1ccc(CN2C(=O)c3ncc(Cl)cc3NC(=O)C2Cc2ccccn2)cc1Cl. The Labute approximate surface area is 246 Å². The molecule has 1 atom stereocenters. The first-order valence-electron chi connectivity index (χ1n) is 12.3. The molecule has 1 aromatic carbocycles. The first-order valence-corrected chi connectivity index (χ1v) is 13.1. The van der Waals surface area contributed by atoms with Crippen molar-refractivity contribution in [1.82, 2.24) is 19.9 Å². The maximum Gasteiger partial charge on any atom is 0.417 e. The van der Waals surface area contributed by atoms with Crippen molar-refractivity contribution in [3.8, 4) is 0 Å². The summed E-state index contributed by atoms with van der Waals surface area (Å²) in [4.78, 5) is 53.2. The third kappa shape index (κ3) is 6.34. The highest BCUT2D eigenvalue weighted by Gasteiger charge is 2.37. The van der Waals surface area contributed by atoms with Gasteiger partial charge >= 0.3 is 6.18 Å². The number of rotatable bonds is 6. The highest BCUT2D eigenvalue weighted by Crippen LogP contribution is 2.30. The van der Waals surface area contributed by atoms with Crippen LogP contribution in [0.1, 0.15) is 37.7 Å². The largest absolute Gasteiger partial charge is 0.417 e. The maximum atomic E-state index is 13.7. The molecule has 1 unspecified atom stereocenters. The Morgan fingerprint density at radius 3 is 2.48 bits per heavy atom.